The summed E-state index contributed by atoms with van der Waals surface area (Å²) in [6, 6.07) is 8.12. The molecule has 4 nitrogen and oxygen atoms in total. The zero-order valence-electron chi connectivity index (χ0n) is 10.3. The molecule has 0 bridgehead atoms. The van der Waals surface area contributed by atoms with E-state index < -0.39 is 0 Å². The van der Waals surface area contributed by atoms with E-state index in [1.165, 1.54) is 11.1 Å². The first-order valence-electron chi connectivity index (χ1n) is 6.34. The third-order valence-corrected chi connectivity index (χ3v) is 3.74. The highest BCUT2D eigenvalue weighted by Crippen LogP contribution is 2.34. The number of ether oxygens (including phenoxy) is 2. The first-order chi connectivity index (χ1) is 8.79. The molecule has 96 valence electrons. The van der Waals surface area contributed by atoms with Crippen LogP contribution in [0.1, 0.15) is 24.1 Å². The van der Waals surface area contributed by atoms with Gasteiger partial charge in [-0.1, -0.05) is 24.3 Å². The monoisotopic (exact) mass is 247 g/mol. The molecule has 1 aromatic rings. The van der Waals surface area contributed by atoms with Gasteiger partial charge < -0.3 is 14.8 Å². The van der Waals surface area contributed by atoms with Crippen molar-refractivity contribution >= 4 is 6.41 Å². The maximum Gasteiger partial charge on any atom is 0.207 e. The van der Waals surface area contributed by atoms with Crippen molar-refractivity contribution in [1.82, 2.24) is 5.32 Å². The quantitative estimate of drug-likeness (QED) is 0.628. The molecule has 1 heterocycles. The van der Waals surface area contributed by atoms with E-state index in [2.05, 4.69) is 17.4 Å². The van der Waals surface area contributed by atoms with Crippen molar-refractivity contribution in [3.8, 4) is 0 Å². The molecule has 1 aromatic carbocycles. The van der Waals surface area contributed by atoms with Crippen molar-refractivity contribution in [3.05, 3.63) is 35.4 Å². The second-order valence-corrected chi connectivity index (χ2v) is 4.92. The van der Waals surface area contributed by atoms with E-state index in [9.17, 15) is 4.79 Å². The highest BCUT2D eigenvalue weighted by Gasteiger charge is 2.38. The number of hydrogen-bond acceptors (Lipinski definition) is 3. The lowest BCUT2D eigenvalue weighted by atomic mass is 10.1. The van der Waals surface area contributed by atoms with Crippen LogP contribution >= 0.6 is 0 Å². The number of hydrogen-bond donors (Lipinski definition) is 1. The number of carbonyl (C=O) groups excluding carboxylic acids is 1. The Morgan fingerprint density at radius 2 is 2.28 bits per heavy atom. The lowest BCUT2D eigenvalue weighted by Crippen LogP contribution is -2.31. The van der Waals surface area contributed by atoms with Gasteiger partial charge in [0.2, 0.25) is 6.41 Å². The fourth-order valence-electron chi connectivity index (χ4n) is 2.61. The molecule has 4 atom stereocenters. The van der Waals surface area contributed by atoms with Crippen molar-refractivity contribution in [2.24, 2.45) is 0 Å². The Balaban J connectivity index is 1.69. The Morgan fingerprint density at radius 3 is 3.00 bits per heavy atom. The van der Waals surface area contributed by atoms with E-state index in [-0.39, 0.29) is 18.2 Å². The number of nitrogens with one attached hydrogen (secondary N) is 1. The largest absolute Gasteiger partial charge is 0.373 e. The van der Waals surface area contributed by atoms with Gasteiger partial charge in [0.15, 0.2) is 0 Å². The zero-order valence-corrected chi connectivity index (χ0v) is 10.3. The molecule has 2 aliphatic rings. The van der Waals surface area contributed by atoms with Gasteiger partial charge in [-0.05, 0) is 18.1 Å². The van der Waals surface area contributed by atoms with E-state index in [1.54, 1.807) is 0 Å². The summed E-state index contributed by atoms with van der Waals surface area (Å²) in [5.41, 5.74) is 2.42. The molecule has 3 rings (SSSR count). The van der Waals surface area contributed by atoms with Crippen molar-refractivity contribution in [2.75, 3.05) is 6.61 Å². The normalized spacial score (nSPS) is 32.9. The first-order valence-corrected chi connectivity index (χ1v) is 6.34. The van der Waals surface area contributed by atoms with Crippen LogP contribution in [0.5, 0.6) is 0 Å². The van der Waals surface area contributed by atoms with E-state index in [1.807, 2.05) is 19.1 Å². The van der Waals surface area contributed by atoms with Crippen molar-refractivity contribution in [1.29, 1.82) is 0 Å². The number of epoxide rings is 1. The lowest BCUT2D eigenvalue weighted by Gasteiger charge is -2.19. The predicted octanol–water partition coefficient (Wildman–Crippen LogP) is 1.20. The number of carbonyl (C=O) groups is 1. The van der Waals surface area contributed by atoms with Crippen LogP contribution in [0.3, 0.4) is 0 Å². The number of fused-ring (bicyclic) bond motifs is 1. The Bertz CT molecular complexity index is 448. The smallest absolute Gasteiger partial charge is 0.207 e. The zero-order chi connectivity index (χ0) is 12.5. The molecule has 1 fully saturated rings. The van der Waals surface area contributed by atoms with E-state index in [4.69, 9.17) is 9.47 Å². The summed E-state index contributed by atoms with van der Waals surface area (Å²) in [5.74, 6) is 0. The Labute approximate surface area is 106 Å². The summed E-state index contributed by atoms with van der Waals surface area (Å²) in [6.07, 6.45) is 2.16. The van der Waals surface area contributed by atoms with Crippen LogP contribution in [0.4, 0.5) is 0 Å². The standard InChI is InChI=1S/C14H17NO3/c1-9-13(18-9)7-17-12-6-10-4-2-3-5-11(10)14(12)15-8-16/h2-5,8-9,12-14H,6-7H2,1H3,(H,15,16)/t9-,12-,13-,14+/m0/s1. The Morgan fingerprint density at radius 1 is 1.50 bits per heavy atom. The van der Waals surface area contributed by atoms with Crippen LogP contribution in [-0.4, -0.2) is 31.3 Å². The Hall–Kier alpha value is -1.39. The second kappa shape index (κ2) is 4.71. The molecule has 0 saturated carbocycles. The van der Waals surface area contributed by atoms with Crippen LogP contribution in [0.2, 0.25) is 0 Å². The molecule has 0 spiro atoms. The van der Waals surface area contributed by atoms with E-state index in [0.29, 0.717) is 12.7 Å². The summed E-state index contributed by atoms with van der Waals surface area (Å²) in [7, 11) is 0. The fourth-order valence-corrected chi connectivity index (χ4v) is 2.61. The summed E-state index contributed by atoms with van der Waals surface area (Å²) < 4.78 is 11.2. The van der Waals surface area contributed by atoms with Crippen LogP contribution in [-0.2, 0) is 20.7 Å². The molecule has 1 saturated heterocycles. The second-order valence-electron chi connectivity index (χ2n) is 4.92. The third kappa shape index (κ3) is 2.13. The van der Waals surface area contributed by atoms with Gasteiger partial charge in [0, 0.05) is 6.42 Å². The fraction of sp³-hybridized carbons (Fsp3) is 0.500. The number of rotatable bonds is 5. The SMILES string of the molecule is C[C@@H]1O[C@H]1CO[C@H]1Cc2ccccc2[C@H]1NC=O. The van der Waals surface area contributed by atoms with E-state index in [0.717, 1.165) is 12.8 Å². The van der Waals surface area contributed by atoms with Gasteiger partial charge in [0.25, 0.3) is 0 Å². The summed E-state index contributed by atoms with van der Waals surface area (Å²) in [5, 5.41) is 2.86. The van der Waals surface area contributed by atoms with Crippen LogP contribution in [0.15, 0.2) is 24.3 Å². The van der Waals surface area contributed by atoms with Crippen LogP contribution in [0, 0.1) is 0 Å². The van der Waals surface area contributed by atoms with Gasteiger partial charge in [0.05, 0.1) is 24.9 Å². The van der Waals surface area contributed by atoms with Gasteiger partial charge in [-0.15, -0.1) is 0 Å². The lowest BCUT2D eigenvalue weighted by molar-refractivity contribution is -0.111. The summed E-state index contributed by atoms with van der Waals surface area (Å²) >= 11 is 0. The molecule has 1 aliphatic carbocycles. The minimum atomic E-state index is -0.0345. The molecule has 0 radical (unpaired) electrons. The van der Waals surface area contributed by atoms with Crippen LogP contribution < -0.4 is 5.32 Å². The van der Waals surface area contributed by atoms with E-state index >= 15 is 0 Å². The highest BCUT2D eigenvalue weighted by atomic mass is 16.6. The first kappa shape index (κ1) is 11.7. The maximum atomic E-state index is 10.7. The molecule has 1 N–H and O–H groups in total. The van der Waals surface area contributed by atoms with Crippen molar-refractivity contribution in [2.45, 2.75) is 37.7 Å². The third-order valence-electron chi connectivity index (χ3n) is 3.74. The minimum absolute atomic E-state index is 0.0176. The summed E-state index contributed by atoms with van der Waals surface area (Å²) in [4.78, 5) is 10.7. The van der Waals surface area contributed by atoms with Crippen molar-refractivity contribution < 1.29 is 14.3 Å². The van der Waals surface area contributed by atoms with Gasteiger partial charge >= 0.3 is 0 Å². The van der Waals surface area contributed by atoms with Crippen LogP contribution in [0.25, 0.3) is 0 Å². The highest BCUT2D eigenvalue weighted by molar-refractivity contribution is 5.50. The molecule has 18 heavy (non-hydrogen) atoms. The average molecular weight is 247 g/mol. The predicted molar refractivity (Wildman–Crippen MR) is 66.2 cm³/mol. The van der Waals surface area contributed by atoms with Gasteiger partial charge in [0.1, 0.15) is 6.10 Å². The number of amides is 1. The Kier molecular flexibility index (Phi) is 3.06. The molecular formula is C14H17NO3. The molecule has 0 unspecified atom stereocenters. The number of benzene rings is 1. The molecule has 0 aromatic heterocycles. The van der Waals surface area contributed by atoms with Gasteiger partial charge in [-0.2, -0.15) is 0 Å². The average Bonchev–Trinajstić information content (AvgIpc) is 2.97. The molecule has 1 amide bonds. The summed E-state index contributed by atoms with van der Waals surface area (Å²) in [6.45, 7) is 2.65. The molecular weight excluding hydrogens is 230 g/mol. The van der Waals surface area contributed by atoms with Crippen molar-refractivity contribution in [3.63, 3.8) is 0 Å². The molecule has 1 aliphatic heterocycles. The van der Waals surface area contributed by atoms with Gasteiger partial charge in [-0.25, -0.2) is 0 Å². The minimum Gasteiger partial charge on any atom is -0.373 e. The maximum absolute atomic E-state index is 10.7. The topological polar surface area (TPSA) is 50.9 Å². The van der Waals surface area contributed by atoms with Gasteiger partial charge in [-0.3, -0.25) is 4.79 Å². The molecule has 4 heteroatoms.